The van der Waals surface area contributed by atoms with Gasteiger partial charge in [0.05, 0.1) is 0 Å². The molecule has 1 nitrogen and oxygen atoms in total. The van der Waals surface area contributed by atoms with Gasteiger partial charge in [-0.2, -0.15) is 0 Å². The van der Waals surface area contributed by atoms with Crippen LogP contribution >= 0.6 is 0 Å². The molecule has 1 atom stereocenters. The third-order valence-corrected chi connectivity index (χ3v) is 2.38. The van der Waals surface area contributed by atoms with E-state index in [0.29, 0.717) is 5.92 Å². The van der Waals surface area contributed by atoms with E-state index in [1.54, 1.807) is 0 Å². The maximum atomic E-state index is 5.51. The summed E-state index contributed by atoms with van der Waals surface area (Å²) in [6.45, 7) is 10.9. The zero-order valence-electron chi connectivity index (χ0n) is 9.81. The Bertz CT molecular complexity index is 99.3. The molecule has 0 spiro atoms. The number of unbranched alkanes of at least 4 members (excludes halogenated alkanes) is 1. The van der Waals surface area contributed by atoms with Crippen LogP contribution in [0.15, 0.2) is 0 Å². The first-order valence-corrected chi connectivity index (χ1v) is 5.74. The zero-order chi connectivity index (χ0) is 10.1. The second kappa shape index (κ2) is 8.55. The van der Waals surface area contributed by atoms with Gasteiger partial charge in [-0.3, -0.25) is 0 Å². The Hall–Kier alpha value is -0.0400. The van der Waals surface area contributed by atoms with Crippen LogP contribution in [0.5, 0.6) is 0 Å². The summed E-state index contributed by atoms with van der Waals surface area (Å²) in [4.78, 5) is 0. The normalized spacial score (nSPS) is 13.6. The fourth-order valence-corrected chi connectivity index (χ4v) is 1.22. The Kier molecular flexibility index (Phi) is 8.53. The highest BCUT2D eigenvalue weighted by Gasteiger charge is 1.98. The number of hydrogen-bond donors (Lipinski definition) is 0. The minimum Gasteiger partial charge on any atom is -0.381 e. The second-order valence-corrected chi connectivity index (χ2v) is 4.48. The van der Waals surface area contributed by atoms with Crippen molar-refractivity contribution >= 4 is 0 Å². The average molecular weight is 186 g/mol. The van der Waals surface area contributed by atoms with Crippen LogP contribution in [0.3, 0.4) is 0 Å². The summed E-state index contributed by atoms with van der Waals surface area (Å²) in [5.41, 5.74) is 0. The van der Waals surface area contributed by atoms with Gasteiger partial charge in [-0.25, -0.2) is 0 Å². The number of ether oxygens (including phenoxy) is 1. The molecule has 1 unspecified atom stereocenters. The Morgan fingerprint density at radius 1 is 1.08 bits per heavy atom. The van der Waals surface area contributed by atoms with Crippen molar-refractivity contribution in [1.29, 1.82) is 0 Å². The molecule has 80 valence electrons. The summed E-state index contributed by atoms with van der Waals surface area (Å²) in [5.74, 6) is 1.57. The molecule has 0 N–H and O–H groups in total. The highest BCUT2D eigenvalue weighted by Crippen LogP contribution is 2.10. The summed E-state index contributed by atoms with van der Waals surface area (Å²) in [6.07, 6.45) is 5.23. The van der Waals surface area contributed by atoms with Gasteiger partial charge in [0.25, 0.3) is 0 Å². The molecular formula is C12H26O. The Balaban J connectivity index is 2.99. The van der Waals surface area contributed by atoms with E-state index in [1.165, 1.54) is 25.7 Å². The summed E-state index contributed by atoms with van der Waals surface area (Å²) in [6, 6.07) is 0. The van der Waals surface area contributed by atoms with Crippen molar-refractivity contribution < 1.29 is 4.74 Å². The SMILES string of the molecule is CCC(C)CCCCOCC(C)C. The predicted octanol–water partition coefficient (Wildman–Crippen LogP) is 3.88. The highest BCUT2D eigenvalue weighted by atomic mass is 16.5. The molecule has 0 fully saturated rings. The molecule has 0 bridgehead atoms. The molecule has 0 aromatic carbocycles. The maximum Gasteiger partial charge on any atom is 0.0488 e. The van der Waals surface area contributed by atoms with Gasteiger partial charge in [0.15, 0.2) is 0 Å². The molecule has 0 aliphatic rings. The molecule has 0 amide bonds. The lowest BCUT2D eigenvalue weighted by Gasteiger charge is -2.09. The van der Waals surface area contributed by atoms with Gasteiger partial charge < -0.3 is 4.74 Å². The van der Waals surface area contributed by atoms with Gasteiger partial charge in [0.2, 0.25) is 0 Å². The van der Waals surface area contributed by atoms with E-state index in [2.05, 4.69) is 27.7 Å². The Morgan fingerprint density at radius 2 is 1.77 bits per heavy atom. The van der Waals surface area contributed by atoms with Crippen LogP contribution in [0.4, 0.5) is 0 Å². The Labute approximate surface area is 83.9 Å². The van der Waals surface area contributed by atoms with E-state index in [9.17, 15) is 0 Å². The largest absolute Gasteiger partial charge is 0.381 e. The van der Waals surface area contributed by atoms with Crippen molar-refractivity contribution in [2.75, 3.05) is 13.2 Å². The van der Waals surface area contributed by atoms with E-state index < -0.39 is 0 Å². The lowest BCUT2D eigenvalue weighted by atomic mass is 10.0. The fraction of sp³-hybridized carbons (Fsp3) is 1.00. The molecule has 0 rings (SSSR count). The minimum absolute atomic E-state index is 0.676. The van der Waals surface area contributed by atoms with Crippen molar-refractivity contribution in [3.63, 3.8) is 0 Å². The van der Waals surface area contributed by atoms with Gasteiger partial charge in [-0.1, -0.05) is 47.0 Å². The topological polar surface area (TPSA) is 9.23 Å². The van der Waals surface area contributed by atoms with Gasteiger partial charge in [-0.15, -0.1) is 0 Å². The van der Waals surface area contributed by atoms with Gasteiger partial charge >= 0.3 is 0 Å². The standard InChI is InChI=1S/C12H26O/c1-5-12(4)8-6-7-9-13-10-11(2)3/h11-12H,5-10H2,1-4H3. The predicted molar refractivity (Wildman–Crippen MR) is 59.0 cm³/mol. The summed E-state index contributed by atoms with van der Waals surface area (Å²) in [5, 5.41) is 0. The molecule has 0 saturated carbocycles. The van der Waals surface area contributed by atoms with Crippen LogP contribution < -0.4 is 0 Å². The monoisotopic (exact) mass is 186 g/mol. The molecule has 0 aliphatic heterocycles. The van der Waals surface area contributed by atoms with E-state index in [4.69, 9.17) is 4.74 Å². The molecule has 0 heterocycles. The molecule has 0 aromatic heterocycles. The van der Waals surface area contributed by atoms with Crippen LogP contribution in [0.25, 0.3) is 0 Å². The summed E-state index contributed by atoms with van der Waals surface area (Å²) in [7, 11) is 0. The first kappa shape index (κ1) is 13.0. The van der Waals surface area contributed by atoms with Crippen LogP contribution in [-0.4, -0.2) is 13.2 Å². The first-order valence-electron chi connectivity index (χ1n) is 5.74. The second-order valence-electron chi connectivity index (χ2n) is 4.48. The zero-order valence-corrected chi connectivity index (χ0v) is 9.81. The van der Waals surface area contributed by atoms with Crippen LogP contribution in [-0.2, 0) is 4.74 Å². The lowest BCUT2D eigenvalue weighted by Crippen LogP contribution is -2.03. The molecular weight excluding hydrogens is 160 g/mol. The number of hydrogen-bond acceptors (Lipinski definition) is 1. The van der Waals surface area contributed by atoms with Crippen LogP contribution in [0.2, 0.25) is 0 Å². The molecule has 0 saturated heterocycles. The minimum atomic E-state index is 0.676. The van der Waals surface area contributed by atoms with Crippen LogP contribution in [0.1, 0.15) is 53.4 Å². The summed E-state index contributed by atoms with van der Waals surface area (Å²) < 4.78 is 5.51. The van der Waals surface area contributed by atoms with E-state index >= 15 is 0 Å². The smallest absolute Gasteiger partial charge is 0.0488 e. The third-order valence-electron chi connectivity index (χ3n) is 2.38. The molecule has 0 aromatic rings. The lowest BCUT2D eigenvalue weighted by molar-refractivity contribution is 0.106. The first-order chi connectivity index (χ1) is 6.16. The quantitative estimate of drug-likeness (QED) is 0.523. The van der Waals surface area contributed by atoms with Crippen molar-refractivity contribution in [2.45, 2.75) is 53.4 Å². The fourth-order valence-electron chi connectivity index (χ4n) is 1.22. The molecule has 0 aliphatic carbocycles. The average Bonchev–Trinajstić information content (AvgIpc) is 2.10. The van der Waals surface area contributed by atoms with Crippen LogP contribution in [0, 0.1) is 11.8 Å². The summed E-state index contributed by atoms with van der Waals surface area (Å²) >= 11 is 0. The van der Waals surface area contributed by atoms with E-state index in [0.717, 1.165) is 19.1 Å². The molecule has 13 heavy (non-hydrogen) atoms. The molecule has 1 heteroatoms. The van der Waals surface area contributed by atoms with Crippen molar-refractivity contribution in [3.8, 4) is 0 Å². The van der Waals surface area contributed by atoms with Crippen molar-refractivity contribution in [2.24, 2.45) is 11.8 Å². The number of rotatable bonds is 8. The maximum absolute atomic E-state index is 5.51. The van der Waals surface area contributed by atoms with Crippen molar-refractivity contribution in [3.05, 3.63) is 0 Å². The molecule has 0 radical (unpaired) electrons. The van der Waals surface area contributed by atoms with Gasteiger partial charge in [0.1, 0.15) is 0 Å². The highest BCUT2D eigenvalue weighted by molar-refractivity contribution is 4.50. The third kappa shape index (κ3) is 9.88. The van der Waals surface area contributed by atoms with E-state index in [-0.39, 0.29) is 0 Å². The van der Waals surface area contributed by atoms with Gasteiger partial charge in [0, 0.05) is 13.2 Å². The Morgan fingerprint density at radius 3 is 2.31 bits per heavy atom. The van der Waals surface area contributed by atoms with Gasteiger partial charge in [-0.05, 0) is 18.3 Å². The van der Waals surface area contributed by atoms with E-state index in [1.807, 2.05) is 0 Å². The van der Waals surface area contributed by atoms with Crippen molar-refractivity contribution in [1.82, 2.24) is 0 Å².